The number of Topliss-reactive ketones (excluding diaryl/α,β-unsaturated/α-hetero) is 1. The van der Waals surface area contributed by atoms with Gasteiger partial charge in [0.1, 0.15) is 6.10 Å². The quantitative estimate of drug-likeness (QED) is 0.418. The van der Waals surface area contributed by atoms with Crippen molar-refractivity contribution in [3.63, 3.8) is 0 Å². The van der Waals surface area contributed by atoms with Gasteiger partial charge in [0.25, 0.3) is 0 Å². The molecule has 0 unspecified atom stereocenters. The van der Waals surface area contributed by atoms with Crippen LogP contribution in [0.2, 0.25) is 0 Å². The average molecular weight is 463 g/mol. The summed E-state index contributed by atoms with van der Waals surface area (Å²) in [5.74, 6) is 2.33. The molecule has 1 aromatic rings. The van der Waals surface area contributed by atoms with Crippen molar-refractivity contribution in [2.45, 2.75) is 90.7 Å². The summed E-state index contributed by atoms with van der Waals surface area (Å²) in [5, 5.41) is 0. The van der Waals surface area contributed by atoms with Gasteiger partial charge in [0.05, 0.1) is 18.8 Å². The molecule has 1 aromatic heterocycles. The second kappa shape index (κ2) is 8.20. The monoisotopic (exact) mass is 462 g/mol. The molecule has 5 heteroatoms. The third-order valence-corrected chi connectivity index (χ3v) is 10.5. The lowest BCUT2D eigenvalue weighted by Gasteiger charge is -2.57. The first-order valence-electron chi connectivity index (χ1n) is 13.5. The molecule has 0 N–H and O–H groups in total. The Morgan fingerprint density at radius 1 is 1.06 bits per heavy atom. The van der Waals surface area contributed by atoms with Crippen LogP contribution < -0.4 is 0 Å². The van der Waals surface area contributed by atoms with Crippen molar-refractivity contribution in [1.29, 1.82) is 0 Å². The maximum absolute atomic E-state index is 13.3. The smallest absolute Gasteiger partial charge is 0.309 e. The van der Waals surface area contributed by atoms with Gasteiger partial charge >= 0.3 is 5.97 Å². The Morgan fingerprint density at radius 2 is 1.88 bits per heavy atom. The van der Waals surface area contributed by atoms with Crippen molar-refractivity contribution < 1.29 is 14.3 Å². The summed E-state index contributed by atoms with van der Waals surface area (Å²) in [5.41, 5.74) is 2.82. The maximum Gasteiger partial charge on any atom is 0.309 e. The van der Waals surface area contributed by atoms with Gasteiger partial charge in [-0.25, -0.2) is 4.98 Å². The molecule has 5 aliphatic carbocycles. The maximum atomic E-state index is 13.3. The highest BCUT2D eigenvalue weighted by molar-refractivity contribution is 5.97. The van der Waals surface area contributed by atoms with Crippen molar-refractivity contribution in [3.8, 4) is 0 Å². The van der Waals surface area contributed by atoms with E-state index in [1.54, 1.807) is 12.5 Å². The molecule has 0 radical (unpaired) electrons. The minimum atomic E-state index is -0.00393. The summed E-state index contributed by atoms with van der Waals surface area (Å²) in [6.07, 6.45) is 20.8. The molecule has 1 heterocycles. The van der Waals surface area contributed by atoms with Crippen molar-refractivity contribution in [3.05, 3.63) is 42.0 Å². The van der Waals surface area contributed by atoms with Crippen LogP contribution in [0, 0.1) is 34.5 Å². The molecule has 3 saturated carbocycles. The van der Waals surface area contributed by atoms with Crippen molar-refractivity contribution in [1.82, 2.24) is 9.55 Å². The lowest BCUT2D eigenvalue weighted by molar-refractivity contribution is -0.159. The predicted molar refractivity (Wildman–Crippen MR) is 130 cm³/mol. The molecule has 0 aromatic carbocycles. The molecule has 0 amide bonds. The van der Waals surface area contributed by atoms with Crippen LogP contribution in [0.25, 0.3) is 0 Å². The molecule has 5 aliphatic rings. The standard InChI is InChI=1S/C29H38N2O3/c1-28-12-10-21(34-27(33)19-4-3-5-19)16-20(28)6-7-22-23-8-9-25(29(23,2)13-11-24(22)28)26(32)17-31-15-14-30-18-31/h6,9,14-15,18-19,21-24H,3-5,7-8,10-13,16-17H2,1-2H3/t21-,22-,23-,24-,28-,29-/m0/s1. The summed E-state index contributed by atoms with van der Waals surface area (Å²) in [4.78, 5) is 29.8. The molecule has 5 nitrogen and oxygen atoms in total. The predicted octanol–water partition coefficient (Wildman–Crippen LogP) is 5.66. The second-order valence-corrected chi connectivity index (χ2v) is 12.2. The largest absolute Gasteiger partial charge is 0.462 e. The molecule has 6 atom stereocenters. The van der Waals surface area contributed by atoms with Crippen LogP contribution >= 0.6 is 0 Å². The third kappa shape index (κ3) is 3.45. The van der Waals surface area contributed by atoms with Crippen LogP contribution in [0.15, 0.2) is 42.0 Å². The van der Waals surface area contributed by atoms with E-state index in [0.29, 0.717) is 24.3 Å². The Bertz CT molecular complexity index is 1040. The fourth-order valence-corrected chi connectivity index (χ4v) is 8.26. The van der Waals surface area contributed by atoms with Crippen molar-refractivity contribution in [2.75, 3.05) is 0 Å². The minimum Gasteiger partial charge on any atom is -0.462 e. The van der Waals surface area contributed by atoms with E-state index in [4.69, 9.17) is 4.74 Å². The van der Waals surface area contributed by atoms with Gasteiger partial charge in [0, 0.05) is 18.8 Å². The van der Waals surface area contributed by atoms with E-state index in [0.717, 1.165) is 56.9 Å². The number of aromatic nitrogens is 2. The fraction of sp³-hybridized carbons (Fsp3) is 0.690. The number of carbonyl (C=O) groups is 2. The third-order valence-electron chi connectivity index (χ3n) is 10.5. The van der Waals surface area contributed by atoms with Gasteiger partial charge in [-0.15, -0.1) is 0 Å². The van der Waals surface area contributed by atoms with E-state index in [1.807, 2.05) is 10.8 Å². The van der Waals surface area contributed by atoms with Crippen LogP contribution in [0.1, 0.15) is 78.1 Å². The number of allylic oxidation sites excluding steroid dienone is 3. The molecule has 0 bridgehead atoms. The number of fused-ring (bicyclic) bond motifs is 5. The lowest BCUT2D eigenvalue weighted by atomic mass is 9.47. The molecule has 0 saturated heterocycles. The van der Waals surface area contributed by atoms with E-state index in [-0.39, 0.29) is 34.6 Å². The molecule has 182 valence electrons. The number of carbonyl (C=O) groups excluding carboxylic acids is 2. The van der Waals surface area contributed by atoms with Crippen LogP contribution in [0.5, 0.6) is 0 Å². The van der Waals surface area contributed by atoms with E-state index in [2.05, 4.69) is 31.0 Å². The highest BCUT2D eigenvalue weighted by Gasteiger charge is 2.57. The molecule has 6 rings (SSSR count). The lowest BCUT2D eigenvalue weighted by Crippen LogP contribution is -2.50. The van der Waals surface area contributed by atoms with Crippen molar-refractivity contribution >= 4 is 11.8 Å². The number of ether oxygens (including phenoxy) is 1. The molecular weight excluding hydrogens is 424 g/mol. The summed E-state index contributed by atoms with van der Waals surface area (Å²) in [6, 6.07) is 0. The Kier molecular flexibility index (Phi) is 5.38. The van der Waals surface area contributed by atoms with Gasteiger partial charge in [-0.2, -0.15) is 0 Å². The first kappa shape index (κ1) is 22.3. The highest BCUT2D eigenvalue weighted by atomic mass is 16.5. The van der Waals surface area contributed by atoms with Gasteiger partial charge in [-0.1, -0.05) is 38.0 Å². The van der Waals surface area contributed by atoms with Gasteiger partial charge in [0.15, 0.2) is 5.78 Å². The summed E-state index contributed by atoms with van der Waals surface area (Å²) < 4.78 is 7.85. The Balaban J connectivity index is 1.16. The Labute approximate surface area is 203 Å². The summed E-state index contributed by atoms with van der Waals surface area (Å²) >= 11 is 0. The van der Waals surface area contributed by atoms with Gasteiger partial charge in [-0.3, -0.25) is 9.59 Å². The number of hydrogen-bond donors (Lipinski definition) is 0. The highest BCUT2D eigenvalue weighted by Crippen LogP contribution is 2.65. The zero-order valence-corrected chi connectivity index (χ0v) is 20.7. The van der Waals surface area contributed by atoms with Crippen LogP contribution in [-0.4, -0.2) is 27.4 Å². The first-order valence-corrected chi connectivity index (χ1v) is 13.5. The summed E-state index contributed by atoms with van der Waals surface area (Å²) in [7, 11) is 0. The van der Waals surface area contributed by atoms with Crippen LogP contribution in [0.4, 0.5) is 0 Å². The fourth-order valence-electron chi connectivity index (χ4n) is 8.26. The molecule has 3 fully saturated rings. The zero-order chi connectivity index (χ0) is 23.5. The number of esters is 1. The molecule has 34 heavy (non-hydrogen) atoms. The number of hydrogen-bond acceptors (Lipinski definition) is 4. The van der Waals surface area contributed by atoms with Gasteiger partial charge < -0.3 is 9.30 Å². The van der Waals surface area contributed by atoms with Crippen LogP contribution in [-0.2, 0) is 20.9 Å². The number of ketones is 1. The first-order chi connectivity index (χ1) is 16.4. The van der Waals surface area contributed by atoms with Gasteiger partial charge in [-0.05, 0) is 85.5 Å². The number of imidazole rings is 1. The zero-order valence-electron chi connectivity index (χ0n) is 20.7. The van der Waals surface area contributed by atoms with E-state index < -0.39 is 0 Å². The van der Waals surface area contributed by atoms with E-state index in [1.165, 1.54) is 18.4 Å². The molecule has 0 spiro atoms. The van der Waals surface area contributed by atoms with Gasteiger partial charge in [0.2, 0.25) is 0 Å². The number of rotatable bonds is 5. The summed E-state index contributed by atoms with van der Waals surface area (Å²) in [6.45, 7) is 5.23. The number of nitrogens with zero attached hydrogens (tertiary/aromatic N) is 2. The average Bonchev–Trinajstić information content (AvgIpc) is 3.39. The van der Waals surface area contributed by atoms with Crippen molar-refractivity contribution in [2.24, 2.45) is 34.5 Å². The Hall–Kier alpha value is -2.17. The Morgan fingerprint density at radius 3 is 2.62 bits per heavy atom. The second-order valence-electron chi connectivity index (χ2n) is 12.2. The van der Waals surface area contributed by atoms with E-state index in [9.17, 15) is 9.59 Å². The minimum absolute atomic E-state index is 0.00393. The van der Waals surface area contributed by atoms with Crippen LogP contribution in [0.3, 0.4) is 0 Å². The molecular formula is C29H38N2O3. The molecule has 0 aliphatic heterocycles. The topological polar surface area (TPSA) is 61.2 Å². The van der Waals surface area contributed by atoms with E-state index >= 15 is 0 Å². The normalized spacial score (nSPS) is 39.1. The SMILES string of the molecule is C[C@]12CC[C@H](OC(=O)C3CCC3)CC1=CC[C@@H]1[C@@H]2CC[C@]2(C)C(C(=O)Cn3ccnc3)=CC[C@@H]12.